The number of carbonyl (C=O) groups excluding carboxylic acids is 2. The largest absolute Gasteiger partial charge is 0.497 e. The van der Waals surface area contributed by atoms with Gasteiger partial charge in [-0.3, -0.25) is 13.9 Å². The second kappa shape index (κ2) is 13.7. The van der Waals surface area contributed by atoms with Crippen molar-refractivity contribution in [1.82, 2.24) is 10.2 Å². The van der Waals surface area contributed by atoms with Crippen molar-refractivity contribution in [3.8, 4) is 5.75 Å². The Morgan fingerprint density at radius 2 is 1.56 bits per heavy atom. The molecule has 1 N–H and O–H groups in total. The molecule has 0 radical (unpaired) electrons. The summed E-state index contributed by atoms with van der Waals surface area (Å²) in [4.78, 5) is 29.1. The highest BCUT2D eigenvalue weighted by molar-refractivity contribution is 7.92. The number of methoxy groups -OCH3 is 1. The summed E-state index contributed by atoms with van der Waals surface area (Å²) in [5, 5.41) is 2.98. The van der Waals surface area contributed by atoms with E-state index in [1.165, 1.54) is 17.0 Å². The molecule has 0 aliphatic heterocycles. The van der Waals surface area contributed by atoms with Crippen LogP contribution in [0.4, 0.5) is 5.69 Å². The summed E-state index contributed by atoms with van der Waals surface area (Å²) in [6.45, 7) is 9.09. The first-order valence-electron chi connectivity index (χ1n) is 13.8. The normalized spacial score (nSPS) is 12.3. The lowest BCUT2D eigenvalue weighted by atomic mass is 10.1. The first-order chi connectivity index (χ1) is 19.4. The van der Waals surface area contributed by atoms with Crippen LogP contribution >= 0.6 is 0 Å². The van der Waals surface area contributed by atoms with Gasteiger partial charge in [-0.15, -0.1) is 0 Å². The van der Waals surface area contributed by atoms with E-state index in [0.717, 1.165) is 21.9 Å². The monoisotopic (exact) mass is 579 g/mol. The number of nitrogens with one attached hydrogen (secondary N) is 1. The fraction of sp³-hybridized carbons (Fsp3) is 0.375. The van der Waals surface area contributed by atoms with Crippen LogP contribution < -0.4 is 14.4 Å². The number of anilines is 1. The molecule has 220 valence electrons. The fourth-order valence-electron chi connectivity index (χ4n) is 4.49. The molecule has 0 bridgehead atoms. The summed E-state index contributed by atoms with van der Waals surface area (Å²) in [6.07, 6.45) is 1.13. The molecule has 2 amide bonds. The van der Waals surface area contributed by atoms with Crippen LogP contribution in [0.5, 0.6) is 5.75 Å². The quantitative estimate of drug-likeness (QED) is 0.319. The lowest BCUT2D eigenvalue weighted by Crippen LogP contribution is -2.55. The minimum absolute atomic E-state index is 0.0734. The van der Waals surface area contributed by atoms with E-state index in [2.05, 4.69) is 5.32 Å². The molecule has 0 saturated heterocycles. The van der Waals surface area contributed by atoms with Gasteiger partial charge in [0.15, 0.2) is 0 Å². The number of hydrogen-bond acceptors (Lipinski definition) is 5. The summed E-state index contributed by atoms with van der Waals surface area (Å²) in [6, 6.07) is 21.6. The average molecular weight is 580 g/mol. The molecule has 0 aromatic heterocycles. The first kappa shape index (κ1) is 31.7. The van der Waals surface area contributed by atoms with E-state index in [4.69, 9.17) is 4.74 Å². The zero-order valence-electron chi connectivity index (χ0n) is 24.8. The molecule has 41 heavy (non-hydrogen) atoms. The van der Waals surface area contributed by atoms with E-state index in [0.29, 0.717) is 17.9 Å². The second-order valence-electron chi connectivity index (χ2n) is 10.9. The Balaban J connectivity index is 2.07. The van der Waals surface area contributed by atoms with E-state index >= 15 is 0 Å². The molecule has 9 heteroatoms. The van der Waals surface area contributed by atoms with Crippen LogP contribution in [0.1, 0.15) is 52.2 Å². The molecule has 0 heterocycles. The standard InChI is InChI=1S/C32H41N3O5S/c1-7-24-17-19-26(20-18-24)35(41(38,39)28-15-10-9-11-16-28)23-30(36)34(22-25-13-12-14-27(21-25)40-6)29(8-2)31(37)33-32(3,4)5/h9-21,29H,7-8,22-23H2,1-6H3,(H,33,37)/t29-/m0/s1. The van der Waals surface area contributed by atoms with Crippen molar-refractivity contribution in [3.05, 3.63) is 90.0 Å². The third-order valence-electron chi connectivity index (χ3n) is 6.61. The van der Waals surface area contributed by atoms with E-state index in [1.54, 1.807) is 49.6 Å². The Labute approximate surface area is 244 Å². The van der Waals surface area contributed by atoms with Crippen LogP contribution in [0.25, 0.3) is 0 Å². The maximum absolute atomic E-state index is 14.2. The Morgan fingerprint density at radius 3 is 2.12 bits per heavy atom. The molecule has 0 spiro atoms. The summed E-state index contributed by atoms with van der Waals surface area (Å²) in [5.41, 5.74) is 1.65. The van der Waals surface area contributed by atoms with E-state index in [9.17, 15) is 18.0 Å². The minimum atomic E-state index is -4.10. The van der Waals surface area contributed by atoms with Gasteiger partial charge in [-0.1, -0.05) is 56.3 Å². The summed E-state index contributed by atoms with van der Waals surface area (Å²) in [7, 11) is -2.54. The SMILES string of the molecule is CCc1ccc(N(CC(=O)N(Cc2cccc(OC)c2)[C@@H](CC)C(=O)NC(C)(C)C)S(=O)(=O)c2ccccc2)cc1. The number of nitrogens with zero attached hydrogens (tertiary/aromatic N) is 2. The number of amides is 2. The van der Waals surface area contributed by atoms with Crippen molar-refractivity contribution < 1.29 is 22.7 Å². The first-order valence-corrected chi connectivity index (χ1v) is 15.2. The Morgan fingerprint density at radius 1 is 0.902 bits per heavy atom. The van der Waals surface area contributed by atoms with Crippen molar-refractivity contribution in [2.75, 3.05) is 18.0 Å². The predicted molar refractivity (Wildman–Crippen MR) is 162 cm³/mol. The van der Waals surface area contributed by atoms with Gasteiger partial charge in [0.1, 0.15) is 18.3 Å². The number of hydrogen-bond donors (Lipinski definition) is 1. The third-order valence-corrected chi connectivity index (χ3v) is 8.40. The van der Waals surface area contributed by atoms with Crippen molar-refractivity contribution in [2.24, 2.45) is 0 Å². The van der Waals surface area contributed by atoms with Crippen molar-refractivity contribution >= 4 is 27.5 Å². The van der Waals surface area contributed by atoms with Crippen LogP contribution in [-0.4, -0.2) is 50.4 Å². The van der Waals surface area contributed by atoms with Crippen molar-refractivity contribution in [3.63, 3.8) is 0 Å². The fourth-order valence-corrected chi connectivity index (χ4v) is 5.92. The second-order valence-corrected chi connectivity index (χ2v) is 12.7. The molecule has 8 nitrogen and oxygen atoms in total. The van der Waals surface area contributed by atoms with Gasteiger partial charge in [0, 0.05) is 12.1 Å². The summed E-state index contributed by atoms with van der Waals surface area (Å²) >= 11 is 0. The van der Waals surface area contributed by atoms with Gasteiger partial charge in [-0.05, 0) is 81.1 Å². The van der Waals surface area contributed by atoms with Gasteiger partial charge in [-0.25, -0.2) is 8.42 Å². The molecular weight excluding hydrogens is 538 g/mol. The Hall–Kier alpha value is -3.85. The molecule has 0 aliphatic carbocycles. The smallest absolute Gasteiger partial charge is 0.264 e. The van der Waals surface area contributed by atoms with E-state index in [-0.39, 0.29) is 17.3 Å². The molecule has 3 aromatic carbocycles. The highest BCUT2D eigenvalue weighted by atomic mass is 32.2. The number of rotatable bonds is 12. The molecule has 0 unspecified atom stereocenters. The number of sulfonamides is 1. The van der Waals surface area contributed by atoms with Crippen LogP contribution in [0.15, 0.2) is 83.8 Å². The van der Waals surface area contributed by atoms with Gasteiger partial charge < -0.3 is 15.0 Å². The zero-order valence-corrected chi connectivity index (χ0v) is 25.6. The summed E-state index contributed by atoms with van der Waals surface area (Å²) in [5.74, 6) is -0.185. The average Bonchev–Trinajstić information content (AvgIpc) is 2.95. The lowest BCUT2D eigenvalue weighted by Gasteiger charge is -2.34. The van der Waals surface area contributed by atoms with Crippen LogP contribution in [0, 0.1) is 0 Å². The number of benzene rings is 3. The molecule has 0 aliphatic rings. The van der Waals surface area contributed by atoms with Crippen molar-refractivity contribution in [2.45, 2.75) is 70.5 Å². The van der Waals surface area contributed by atoms with E-state index < -0.39 is 34.1 Å². The topological polar surface area (TPSA) is 96.0 Å². The van der Waals surface area contributed by atoms with Gasteiger partial charge >= 0.3 is 0 Å². The number of aryl methyl sites for hydroxylation is 1. The lowest BCUT2D eigenvalue weighted by molar-refractivity contribution is -0.141. The Kier molecular flexibility index (Phi) is 10.6. The maximum Gasteiger partial charge on any atom is 0.264 e. The molecule has 3 rings (SSSR count). The molecule has 3 aromatic rings. The molecular formula is C32H41N3O5S. The third kappa shape index (κ3) is 8.33. The molecule has 1 atom stereocenters. The summed E-state index contributed by atoms with van der Waals surface area (Å²) < 4.78 is 34.3. The van der Waals surface area contributed by atoms with Gasteiger partial charge in [0.05, 0.1) is 17.7 Å². The van der Waals surface area contributed by atoms with Gasteiger partial charge in [-0.2, -0.15) is 0 Å². The minimum Gasteiger partial charge on any atom is -0.497 e. The van der Waals surface area contributed by atoms with Crippen molar-refractivity contribution in [1.29, 1.82) is 0 Å². The predicted octanol–water partition coefficient (Wildman–Crippen LogP) is 5.18. The molecule has 0 fully saturated rings. The Bertz CT molecular complexity index is 1420. The number of ether oxygens (including phenoxy) is 1. The van der Waals surface area contributed by atoms with Crippen LogP contribution in [-0.2, 0) is 32.6 Å². The molecule has 0 saturated carbocycles. The highest BCUT2D eigenvalue weighted by Crippen LogP contribution is 2.26. The van der Waals surface area contributed by atoms with Crippen LogP contribution in [0.2, 0.25) is 0 Å². The maximum atomic E-state index is 14.2. The highest BCUT2D eigenvalue weighted by Gasteiger charge is 2.34. The van der Waals surface area contributed by atoms with Gasteiger partial charge in [0.25, 0.3) is 10.0 Å². The zero-order chi connectivity index (χ0) is 30.2. The van der Waals surface area contributed by atoms with Crippen LogP contribution in [0.3, 0.4) is 0 Å². The van der Waals surface area contributed by atoms with Gasteiger partial charge in [0.2, 0.25) is 11.8 Å². The number of carbonyl (C=O) groups is 2. The van der Waals surface area contributed by atoms with E-state index in [1.807, 2.05) is 58.9 Å².